The number of methoxy groups -OCH3 is 1. The number of benzene rings is 3. The zero-order valence-electron chi connectivity index (χ0n) is 12.4. The van der Waals surface area contributed by atoms with E-state index >= 15 is 0 Å². The lowest BCUT2D eigenvalue weighted by Crippen LogP contribution is -2.14. The van der Waals surface area contributed by atoms with E-state index in [9.17, 15) is 4.79 Å². The van der Waals surface area contributed by atoms with Crippen LogP contribution in [-0.2, 0) is 0 Å². The van der Waals surface area contributed by atoms with Crippen LogP contribution in [0, 0.1) is 0 Å². The highest BCUT2D eigenvalue weighted by atomic mass is 16.5. The molecule has 0 aliphatic heterocycles. The predicted octanol–water partition coefficient (Wildman–Crippen LogP) is 4.14. The molecule has 0 aromatic heterocycles. The van der Waals surface area contributed by atoms with Gasteiger partial charge in [0, 0.05) is 16.6 Å². The first-order valence-electron chi connectivity index (χ1n) is 7.17. The van der Waals surface area contributed by atoms with Gasteiger partial charge < -0.3 is 10.1 Å². The van der Waals surface area contributed by atoms with Crippen molar-refractivity contribution >= 4 is 22.2 Å². The van der Waals surface area contributed by atoms with Crippen molar-refractivity contribution in [1.29, 1.82) is 0 Å². The molecule has 0 amide bonds. The van der Waals surface area contributed by atoms with Gasteiger partial charge in [-0.2, -0.15) is 0 Å². The SMILES string of the molecule is COc1ccc(C(=O)CNc2cccc3ccccc23)cc1. The number of Topliss-reactive ketones (excluding diaryl/α,β-unsaturated/α-hetero) is 1. The van der Waals surface area contributed by atoms with Crippen molar-refractivity contribution in [3.63, 3.8) is 0 Å². The van der Waals surface area contributed by atoms with Gasteiger partial charge in [0.15, 0.2) is 5.78 Å². The van der Waals surface area contributed by atoms with Gasteiger partial charge in [0.1, 0.15) is 5.75 Å². The third-order valence-electron chi connectivity index (χ3n) is 3.64. The average molecular weight is 291 g/mol. The molecule has 1 N–H and O–H groups in total. The first-order chi connectivity index (χ1) is 10.8. The lowest BCUT2D eigenvalue weighted by molar-refractivity contribution is 0.101. The molecule has 0 saturated heterocycles. The monoisotopic (exact) mass is 291 g/mol. The van der Waals surface area contributed by atoms with Crippen LogP contribution < -0.4 is 10.1 Å². The Morgan fingerprint density at radius 1 is 0.955 bits per heavy atom. The fourth-order valence-electron chi connectivity index (χ4n) is 2.43. The van der Waals surface area contributed by atoms with Crippen LogP contribution in [0.4, 0.5) is 5.69 Å². The van der Waals surface area contributed by atoms with Crippen LogP contribution in [0.1, 0.15) is 10.4 Å². The van der Waals surface area contributed by atoms with Crippen LogP contribution in [0.3, 0.4) is 0 Å². The number of carbonyl (C=O) groups is 1. The van der Waals surface area contributed by atoms with E-state index in [0.29, 0.717) is 5.56 Å². The van der Waals surface area contributed by atoms with E-state index in [1.54, 1.807) is 31.4 Å². The number of hydrogen-bond acceptors (Lipinski definition) is 3. The second-order valence-corrected chi connectivity index (χ2v) is 5.03. The fraction of sp³-hybridized carbons (Fsp3) is 0.105. The molecule has 0 atom stereocenters. The molecule has 110 valence electrons. The molecular weight excluding hydrogens is 274 g/mol. The van der Waals surface area contributed by atoms with Crippen LogP contribution in [-0.4, -0.2) is 19.4 Å². The molecule has 3 aromatic carbocycles. The van der Waals surface area contributed by atoms with Crippen LogP contribution in [0.5, 0.6) is 5.75 Å². The molecule has 0 fully saturated rings. The summed E-state index contributed by atoms with van der Waals surface area (Å²) in [5.41, 5.74) is 1.65. The summed E-state index contributed by atoms with van der Waals surface area (Å²) in [6.07, 6.45) is 0. The van der Waals surface area contributed by atoms with E-state index in [0.717, 1.165) is 22.2 Å². The highest BCUT2D eigenvalue weighted by Gasteiger charge is 2.07. The number of carbonyl (C=O) groups excluding carboxylic acids is 1. The molecule has 3 heteroatoms. The molecule has 0 radical (unpaired) electrons. The number of hydrogen-bond donors (Lipinski definition) is 1. The van der Waals surface area contributed by atoms with Gasteiger partial charge in [-0.15, -0.1) is 0 Å². The molecule has 22 heavy (non-hydrogen) atoms. The number of ketones is 1. The first kappa shape index (κ1) is 14.1. The molecule has 3 nitrogen and oxygen atoms in total. The lowest BCUT2D eigenvalue weighted by Gasteiger charge is -2.09. The normalized spacial score (nSPS) is 10.4. The maximum Gasteiger partial charge on any atom is 0.181 e. The predicted molar refractivity (Wildman–Crippen MR) is 89.8 cm³/mol. The Hall–Kier alpha value is -2.81. The molecule has 0 aliphatic carbocycles. The van der Waals surface area contributed by atoms with Crippen LogP contribution in [0.25, 0.3) is 10.8 Å². The second-order valence-electron chi connectivity index (χ2n) is 5.03. The summed E-state index contributed by atoms with van der Waals surface area (Å²) in [5.74, 6) is 0.800. The number of nitrogens with one attached hydrogen (secondary N) is 1. The Labute approximate surface area is 129 Å². The highest BCUT2D eigenvalue weighted by molar-refractivity contribution is 6.01. The topological polar surface area (TPSA) is 38.3 Å². The first-order valence-corrected chi connectivity index (χ1v) is 7.17. The van der Waals surface area contributed by atoms with E-state index < -0.39 is 0 Å². The minimum Gasteiger partial charge on any atom is -0.497 e. The minimum atomic E-state index is 0.0515. The lowest BCUT2D eigenvalue weighted by atomic mass is 10.1. The number of ether oxygens (including phenoxy) is 1. The Morgan fingerprint density at radius 2 is 1.68 bits per heavy atom. The van der Waals surface area contributed by atoms with Crippen molar-refractivity contribution in [2.75, 3.05) is 19.0 Å². The van der Waals surface area contributed by atoms with Gasteiger partial charge in [-0.25, -0.2) is 0 Å². The zero-order valence-corrected chi connectivity index (χ0v) is 12.4. The van der Waals surface area contributed by atoms with Crippen LogP contribution >= 0.6 is 0 Å². The molecule has 3 rings (SSSR count). The molecule has 0 saturated carbocycles. The summed E-state index contributed by atoms with van der Waals surface area (Å²) in [5, 5.41) is 5.51. The van der Waals surface area contributed by atoms with E-state index in [1.807, 2.05) is 24.3 Å². The maximum atomic E-state index is 12.3. The van der Waals surface area contributed by atoms with Gasteiger partial charge in [0.2, 0.25) is 0 Å². The van der Waals surface area contributed by atoms with Gasteiger partial charge in [-0.05, 0) is 35.7 Å². The van der Waals surface area contributed by atoms with Gasteiger partial charge in [0.25, 0.3) is 0 Å². The Morgan fingerprint density at radius 3 is 2.45 bits per heavy atom. The van der Waals surface area contributed by atoms with E-state index in [2.05, 4.69) is 23.5 Å². The summed E-state index contributed by atoms with van der Waals surface area (Å²) >= 11 is 0. The summed E-state index contributed by atoms with van der Waals surface area (Å²) in [4.78, 5) is 12.3. The van der Waals surface area contributed by atoms with E-state index in [-0.39, 0.29) is 12.3 Å². The Balaban J connectivity index is 1.74. The molecule has 0 spiro atoms. The molecule has 3 aromatic rings. The van der Waals surface area contributed by atoms with Crippen LogP contribution in [0.15, 0.2) is 66.7 Å². The standard InChI is InChI=1S/C19H17NO2/c1-22-16-11-9-15(10-12-16)19(21)13-20-18-8-4-6-14-5-2-3-7-17(14)18/h2-12,20H,13H2,1H3. The van der Waals surface area contributed by atoms with Crippen molar-refractivity contribution < 1.29 is 9.53 Å². The van der Waals surface area contributed by atoms with Crippen molar-refractivity contribution in [2.45, 2.75) is 0 Å². The fourth-order valence-corrected chi connectivity index (χ4v) is 2.43. The summed E-state index contributed by atoms with van der Waals surface area (Å²) in [6.45, 7) is 0.264. The summed E-state index contributed by atoms with van der Waals surface area (Å²) in [7, 11) is 1.61. The molecule has 0 unspecified atom stereocenters. The Bertz CT molecular complexity index is 789. The third-order valence-corrected chi connectivity index (χ3v) is 3.64. The summed E-state index contributed by atoms with van der Waals surface area (Å²) in [6, 6.07) is 21.3. The number of fused-ring (bicyclic) bond motifs is 1. The van der Waals surface area contributed by atoms with Crippen molar-refractivity contribution in [3.8, 4) is 5.75 Å². The zero-order chi connectivity index (χ0) is 15.4. The van der Waals surface area contributed by atoms with E-state index in [1.165, 1.54) is 0 Å². The molecule has 0 heterocycles. The Kier molecular flexibility index (Phi) is 4.05. The summed E-state index contributed by atoms with van der Waals surface area (Å²) < 4.78 is 5.10. The number of anilines is 1. The van der Waals surface area contributed by atoms with Crippen molar-refractivity contribution in [2.24, 2.45) is 0 Å². The smallest absolute Gasteiger partial charge is 0.181 e. The minimum absolute atomic E-state index is 0.0515. The largest absolute Gasteiger partial charge is 0.497 e. The second kappa shape index (κ2) is 6.31. The van der Waals surface area contributed by atoms with E-state index in [4.69, 9.17) is 4.74 Å². The van der Waals surface area contributed by atoms with Crippen molar-refractivity contribution in [1.82, 2.24) is 0 Å². The molecule has 0 aliphatic rings. The highest BCUT2D eigenvalue weighted by Crippen LogP contribution is 2.23. The molecule has 0 bridgehead atoms. The maximum absolute atomic E-state index is 12.3. The third kappa shape index (κ3) is 2.93. The molecular formula is C19H17NO2. The van der Waals surface area contributed by atoms with Gasteiger partial charge >= 0.3 is 0 Å². The van der Waals surface area contributed by atoms with Crippen molar-refractivity contribution in [3.05, 3.63) is 72.3 Å². The van der Waals surface area contributed by atoms with Gasteiger partial charge in [0.05, 0.1) is 13.7 Å². The average Bonchev–Trinajstić information content (AvgIpc) is 2.59. The van der Waals surface area contributed by atoms with Gasteiger partial charge in [-0.1, -0.05) is 36.4 Å². The van der Waals surface area contributed by atoms with Crippen LogP contribution in [0.2, 0.25) is 0 Å². The quantitative estimate of drug-likeness (QED) is 0.718. The van der Waals surface area contributed by atoms with Gasteiger partial charge in [-0.3, -0.25) is 4.79 Å². The number of rotatable bonds is 5.